The molecule has 3 rings (SSSR count). The number of hydrogen-bond donors (Lipinski definition) is 1. The molecule has 1 spiro atoms. The van der Waals surface area contributed by atoms with E-state index in [1.165, 1.54) is 64.6 Å². The van der Waals surface area contributed by atoms with Gasteiger partial charge >= 0.3 is 0 Å². The first-order valence-electron chi connectivity index (χ1n) is 8.76. The molecule has 116 valence electrons. The molecule has 1 aliphatic heterocycles. The monoisotopic (exact) mass is 280 g/mol. The predicted octanol–water partition coefficient (Wildman–Crippen LogP) is 2.80. The summed E-state index contributed by atoms with van der Waals surface area (Å²) in [5, 5.41) is 3.95. The van der Waals surface area contributed by atoms with E-state index < -0.39 is 0 Å². The van der Waals surface area contributed by atoms with Gasteiger partial charge in [-0.25, -0.2) is 0 Å². The number of piperazine rings is 1. The van der Waals surface area contributed by atoms with Gasteiger partial charge in [-0.2, -0.15) is 0 Å². The Bertz CT molecular complexity index is 323. The van der Waals surface area contributed by atoms with E-state index in [0.29, 0.717) is 11.1 Å². The smallest absolute Gasteiger partial charge is 0.0478 e. The molecule has 3 nitrogen and oxygen atoms in total. The highest BCUT2D eigenvalue weighted by molar-refractivity contribution is 5.10. The molecule has 1 heterocycles. The third-order valence-electron chi connectivity index (χ3n) is 5.94. The van der Waals surface area contributed by atoms with Crippen LogP contribution in [0.4, 0.5) is 0 Å². The van der Waals surface area contributed by atoms with Crippen molar-refractivity contribution in [3.63, 3.8) is 0 Å². The van der Waals surface area contributed by atoms with Gasteiger partial charge in [0.2, 0.25) is 0 Å². The molecule has 1 atom stereocenters. The minimum Gasteiger partial charge on any atom is -0.382 e. The molecule has 0 amide bonds. The van der Waals surface area contributed by atoms with Crippen LogP contribution in [0.25, 0.3) is 0 Å². The summed E-state index contributed by atoms with van der Waals surface area (Å²) in [6.07, 6.45) is 9.70. The molecular formula is C17H32N2O. The fourth-order valence-electron chi connectivity index (χ4n) is 4.44. The van der Waals surface area contributed by atoms with Crippen LogP contribution in [0, 0.1) is 5.92 Å². The Morgan fingerprint density at radius 1 is 1.25 bits per heavy atom. The zero-order valence-electron chi connectivity index (χ0n) is 13.4. The Labute approximate surface area is 124 Å². The van der Waals surface area contributed by atoms with Crippen molar-refractivity contribution in [3.8, 4) is 0 Å². The van der Waals surface area contributed by atoms with Crippen LogP contribution in [0.15, 0.2) is 0 Å². The summed E-state index contributed by atoms with van der Waals surface area (Å²) in [5.41, 5.74) is 0.847. The molecule has 0 aromatic heterocycles. The van der Waals surface area contributed by atoms with Crippen molar-refractivity contribution in [1.82, 2.24) is 10.2 Å². The highest BCUT2D eigenvalue weighted by Crippen LogP contribution is 2.45. The van der Waals surface area contributed by atoms with Crippen LogP contribution in [-0.4, -0.2) is 48.8 Å². The van der Waals surface area contributed by atoms with Crippen LogP contribution in [0.3, 0.4) is 0 Å². The van der Waals surface area contributed by atoms with Gasteiger partial charge in [0.15, 0.2) is 0 Å². The summed E-state index contributed by atoms with van der Waals surface area (Å²) in [6, 6.07) is 0. The van der Waals surface area contributed by atoms with E-state index in [4.69, 9.17) is 4.74 Å². The number of rotatable bonds is 6. The quantitative estimate of drug-likeness (QED) is 0.757. The van der Waals surface area contributed by atoms with Gasteiger partial charge in [-0.3, -0.25) is 4.90 Å². The Morgan fingerprint density at radius 3 is 2.65 bits per heavy atom. The minimum absolute atomic E-state index is 0.374. The molecule has 0 aromatic carbocycles. The van der Waals surface area contributed by atoms with E-state index in [0.717, 1.165) is 19.1 Å². The van der Waals surface area contributed by atoms with Crippen molar-refractivity contribution in [1.29, 1.82) is 0 Å². The molecule has 0 bridgehead atoms. The highest BCUT2D eigenvalue weighted by Gasteiger charge is 2.51. The van der Waals surface area contributed by atoms with Gasteiger partial charge in [0.25, 0.3) is 0 Å². The van der Waals surface area contributed by atoms with Crippen molar-refractivity contribution in [2.24, 2.45) is 5.92 Å². The third-order valence-corrected chi connectivity index (χ3v) is 5.94. The normalized spacial score (nSPS) is 33.9. The van der Waals surface area contributed by atoms with Crippen LogP contribution in [0.1, 0.15) is 58.8 Å². The first-order chi connectivity index (χ1) is 9.69. The van der Waals surface area contributed by atoms with Crippen molar-refractivity contribution in [2.45, 2.75) is 69.9 Å². The van der Waals surface area contributed by atoms with Crippen LogP contribution >= 0.6 is 0 Å². The molecule has 20 heavy (non-hydrogen) atoms. The molecular weight excluding hydrogens is 248 g/mol. The zero-order valence-corrected chi connectivity index (χ0v) is 13.4. The second-order valence-electron chi connectivity index (χ2n) is 7.45. The highest BCUT2D eigenvalue weighted by atomic mass is 16.5. The fraction of sp³-hybridized carbons (Fsp3) is 1.00. The lowest BCUT2D eigenvalue weighted by Crippen LogP contribution is -2.69. The van der Waals surface area contributed by atoms with Gasteiger partial charge in [-0.15, -0.1) is 0 Å². The summed E-state index contributed by atoms with van der Waals surface area (Å²) in [7, 11) is 0. The van der Waals surface area contributed by atoms with E-state index in [9.17, 15) is 0 Å². The van der Waals surface area contributed by atoms with E-state index in [1.54, 1.807) is 0 Å². The molecule has 3 heteroatoms. The lowest BCUT2D eigenvalue weighted by molar-refractivity contribution is -0.000587. The maximum Gasteiger partial charge on any atom is 0.0478 e. The van der Waals surface area contributed by atoms with Gasteiger partial charge in [-0.05, 0) is 51.9 Å². The second kappa shape index (κ2) is 5.94. The summed E-state index contributed by atoms with van der Waals surface area (Å²) in [4.78, 5) is 2.84. The lowest BCUT2D eigenvalue weighted by Gasteiger charge is -2.53. The molecule has 1 unspecified atom stereocenters. The average Bonchev–Trinajstić information content (AvgIpc) is 3.21. The van der Waals surface area contributed by atoms with E-state index in [1.807, 2.05) is 0 Å². The largest absolute Gasteiger partial charge is 0.382 e. The van der Waals surface area contributed by atoms with Crippen LogP contribution in [-0.2, 0) is 4.74 Å². The molecule has 2 aliphatic carbocycles. The van der Waals surface area contributed by atoms with E-state index >= 15 is 0 Å². The molecule has 0 aromatic rings. The van der Waals surface area contributed by atoms with Crippen molar-refractivity contribution in [2.75, 3.05) is 32.8 Å². The van der Waals surface area contributed by atoms with E-state index in [2.05, 4.69) is 24.1 Å². The van der Waals surface area contributed by atoms with E-state index in [-0.39, 0.29) is 0 Å². The summed E-state index contributed by atoms with van der Waals surface area (Å²) in [6.45, 7) is 10.0. The molecule has 1 N–H and O–H groups in total. The van der Waals surface area contributed by atoms with Gasteiger partial charge in [0, 0.05) is 43.9 Å². The lowest BCUT2D eigenvalue weighted by atomic mass is 9.83. The SMILES string of the molecule is CCOCCCN1CC(C)(C2CC2)NCC12CCCC2. The first-order valence-corrected chi connectivity index (χ1v) is 8.76. The Morgan fingerprint density at radius 2 is 2.00 bits per heavy atom. The van der Waals surface area contributed by atoms with Gasteiger partial charge < -0.3 is 10.1 Å². The molecule has 3 fully saturated rings. The Balaban J connectivity index is 1.62. The van der Waals surface area contributed by atoms with Gasteiger partial charge in [-0.1, -0.05) is 12.8 Å². The third kappa shape index (κ3) is 2.90. The predicted molar refractivity (Wildman–Crippen MR) is 83.0 cm³/mol. The molecule has 1 saturated heterocycles. The Kier molecular flexibility index (Phi) is 4.40. The minimum atomic E-state index is 0.374. The standard InChI is InChI=1S/C17H32N2O/c1-3-20-12-6-11-19-14-16(2,15-7-8-15)18-13-17(19)9-4-5-10-17/h15,18H,3-14H2,1-2H3. The van der Waals surface area contributed by atoms with Crippen molar-refractivity contribution >= 4 is 0 Å². The van der Waals surface area contributed by atoms with Crippen molar-refractivity contribution in [3.05, 3.63) is 0 Å². The maximum atomic E-state index is 5.55. The fourth-order valence-corrected chi connectivity index (χ4v) is 4.44. The zero-order chi connectivity index (χ0) is 14.1. The van der Waals surface area contributed by atoms with Crippen LogP contribution in [0.5, 0.6) is 0 Å². The summed E-state index contributed by atoms with van der Waals surface area (Å²) < 4.78 is 5.55. The van der Waals surface area contributed by atoms with Crippen LogP contribution < -0.4 is 5.32 Å². The van der Waals surface area contributed by atoms with Crippen molar-refractivity contribution < 1.29 is 4.74 Å². The second-order valence-corrected chi connectivity index (χ2v) is 7.45. The number of nitrogens with one attached hydrogen (secondary N) is 1. The van der Waals surface area contributed by atoms with Crippen LogP contribution in [0.2, 0.25) is 0 Å². The summed E-state index contributed by atoms with van der Waals surface area (Å²) in [5.74, 6) is 0.927. The summed E-state index contributed by atoms with van der Waals surface area (Å²) >= 11 is 0. The Hall–Kier alpha value is -0.120. The van der Waals surface area contributed by atoms with Gasteiger partial charge in [0.1, 0.15) is 0 Å². The van der Waals surface area contributed by atoms with Gasteiger partial charge in [0.05, 0.1) is 0 Å². The maximum absolute atomic E-state index is 5.55. The number of ether oxygens (including phenoxy) is 1. The average molecular weight is 280 g/mol. The topological polar surface area (TPSA) is 24.5 Å². The molecule has 2 saturated carbocycles. The molecule has 0 radical (unpaired) electrons. The molecule has 3 aliphatic rings. The first kappa shape index (κ1) is 14.8. The number of hydrogen-bond acceptors (Lipinski definition) is 3. The number of nitrogens with zero attached hydrogens (tertiary/aromatic N) is 1.